The average Bonchev–Trinajstić information content (AvgIpc) is 2.04. The second kappa shape index (κ2) is 6.81. The molecule has 0 aromatic rings. The van der Waals surface area contributed by atoms with Gasteiger partial charge in [0.05, 0.1) is 6.61 Å². The standard InChI is InChI=1S/C9H12O2/c1-3-5-6-7-8-11-9(10)4-2/h3-6H,1-2,7-8H2. The molecular weight excluding hydrogens is 140 g/mol. The van der Waals surface area contributed by atoms with E-state index in [1.807, 2.05) is 12.2 Å². The van der Waals surface area contributed by atoms with E-state index >= 15 is 0 Å². The van der Waals surface area contributed by atoms with Gasteiger partial charge < -0.3 is 4.74 Å². The maximum absolute atomic E-state index is 10.5. The van der Waals surface area contributed by atoms with Gasteiger partial charge in [-0.15, -0.1) is 0 Å². The summed E-state index contributed by atoms with van der Waals surface area (Å²) in [5.74, 6) is -0.378. The minimum atomic E-state index is -0.378. The van der Waals surface area contributed by atoms with E-state index in [9.17, 15) is 4.79 Å². The van der Waals surface area contributed by atoms with Crippen molar-refractivity contribution in [2.45, 2.75) is 6.42 Å². The lowest BCUT2D eigenvalue weighted by atomic mass is 10.4. The number of carbonyl (C=O) groups excluding carboxylic acids is 1. The third-order valence-electron chi connectivity index (χ3n) is 0.968. The summed E-state index contributed by atoms with van der Waals surface area (Å²) in [5, 5.41) is 0. The summed E-state index contributed by atoms with van der Waals surface area (Å²) in [6.45, 7) is 7.16. The molecule has 0 N–H and O–H groups in total. The molecule has 0 aromatic carbocycles. The van der Waals surface area contributed by atoms with Crippen molar-refractivity contribution in [3.63, 3.8) is 0 Å². The second-order valence-electron chi connectivity index (χ2n) is 1.82. The van der Waals surface area contributed by atoms with Crippen molar-refractivity contribution in [2.75, 3.05) is 6.61 Å². The molecule has 0 atom stereocenters. The number of allylic oxidation sites excluding steroid dienone is 2. The zero-order valence-corrected chi connectivity index (χ0v) is 6.45. The van der Waals surface area contributed by atoms with Crippen molar-refractivity contribution >= 4 is 5.97 Å². The number of carbonyl (C=O) groups is 1. The summed E-state index contributed by atoms with van der Waals surface area (Å²) in [6, 6.07) is 0. The highest BCUT2D eigenvalue weighted by Gasteiger charge is 1.90. The Kier molecular flexibility index (Phi) is 5.99. The first kappa shape index (κ1) is 9.69. The van der Waals surface area contributed by atoms with Gasteiger partial charge in [-0.3, -0.25) is 0 Å². The smallest absolute Gasteiger partial charge is 0.330 e. The topological polar surface area (TPSA) is 26.3 Å². The molecule has 0 aromatic heterocycles. The van der Waals surface area contributed by atoms with E-state index in [1.54, 1.807) is 6.08 Å². The summed E-state index contributed by atoms with van der Waals surface area (Å²) in [6.07, 6.45) is 7.23. The number of hydrogen-bond donors (Lipinski definition) is 0. The van der Waals surface area contributed by atoms with Crippen molar-refractivity contribution in [3.05, 3.63) is 37.5 Å². The van der Waals surface area contributed by atoms with Gasteiger partial charge >= 0.3 is 5.97 Å². The summed E-state index contributed by atoms with van der Waals surface area (Å²) in [4.78, 5) is 10.5. The van der Waals surface area contributed by atoms with Crippen LogP contribution < -0.4 is 0 Å². The number of esters is 1. The third-order valence-corrected chi connectivity index (χ3v) is 0.968. The van der Waals surface area contributed by atoms with Gasteiger partial charge in [-0.2, -0.15) is 0 Å². The van der Waals surface area contributed by atoms with Crippen LogP contribution in [0.1, 0.15) is 6.42 Å². The maximum atomic E-state index is 10.5. The quantitative estimate of drug-likeness (QED) is 0.260. The fourth-order valence-corrected chi connectivity index (χ4v) is 0.479. The molecule has 0 spiro atoms. The lowest BCUT2D eigenvalue weighted by Gasteiger charge is -1.96. The first-order chi connectivity index (χ1) is 5.31. The van der Waals surface area contributed by atoms with Crippen LogP contribution in [0, 0.1) is 0 Å². The monoisotopic (exact) mass is 152 g/mol. The highest BCUT2D eigenvalue weighted by Crippen LogP contribution is 1.86. The van der Waals surface area contributed by atoms with Gasteiger partial charge in [0.25, 0.3) is 0 Å². The van der Waals surface area contributed by atoms with E-state index < -0.39 is 0 Å². The summed E-state index contributed by atoms with van der Waals surface area (Å²) < 4.78 is 4.70. The molecule has 0 aliphatic carbocycles. The van der Waals surface area contributed by atoms with Crippen molar-refractivity contribution in [3.8, 4) is 0 Å². The number of hydrogen-bond acceptors (Lipinski definition) is 2. The van der Waals surface area contributed by atoms with E-state index in [0.717, 1.165) is 6.08 Å². The molecule has 0 aliphatic rings. The van der Waals surface area contributed by atoms with Crippen LogP contribution in [0.4, 0.5) is 0 Å². The maximum Gasteiger partial charge on any atom is 0.330 e. The van der Waals surface area contributed by atoms with Crippen LogP contribution in [0.15, 0.2) is 37.5 Å². The first-order valence-electron chi connectivity index (χ1n) is 3.38. The molecule has 0 saturated carbocycles. The van der Waals surface area contributed by atoms with Crippen molar-refractivity contribution in [2.24, 2.45) is 0 Å². The van der Waals surface area contributed by atoms with Gasteiger partial charge in [0.15, 0.2) is 0 Å². The van der Waals surface area contributed by atoms with Crippen molar-refractivity contribution in [1.29, 1.82) is 0 Å². The molecule has 0 saturated heterocycles. The zero-order chi connectivity index (χ0) is 8.53. The molecule has 2 nitrogen and oxygen atoms in total. The van der Waals surface area contributed by atoms with Crippen LogP contribution in [-0.2, 0) is 9.53 Å². The van der Waals surface area contributed by atoms with Crippen molar-refractivity contribution in [1.82, 2.24) is 0 Å². The Hall–Kier alpha value is -1.31. The lowest BCUT2D eigenvalue weighted by molar-refractivity contribution is -0.137. The highest BCUT2D eigenvalue weighted by atomic mass is 16.5. The van der Waals surface area contributed by atoms with Gasteiger partial charge in [-0.05, 0) is 6.42 Å². The molecule has 11 heavy (non-hydrogen) atoms. The Morgan fingerprint density at radius 3 is 2.73 bits per heavy atom. The van der Waals surface area contributed by atoms with E-state index in [2.05, 4.69) is 13.2 Å². The van der Waals surface area contributed by atoms with E-state index in [0.29, 0.717) is 13.0 Å². The minimum Gasteiger partial charge on any atom is -0.462 e. The molecule has 0 amide bonds. The van der Waals surface area contributed by atoms with E-state index in [4.69, 9.17) is 4.74 Å². The lowest BCUT2D eigenvalue weighted by Crippen LogP contribution is -2.00. The zero-order valence-electron chi connectivity index (χ0n) is 6.45. The molecule has 0 fully saturated rings. The van der Waals surface area contributed by atoms with Gasteiger partial charge in [0.2, 0.25) is 0 Å². The predicted octanol–water partition coefficient (Wildman–Crippen LogP) is 1.85. The highest BCUT2D eigenvalue weighted by molar-refractivity contribution is 5.81. The van der Waals surface area contributed by atoms with Gasteiger partial charge in [0, 0.05) is 6.08 Å². The van der Waals surface area contributed by atoms with Crippen LogP contribution in [0.2, 0.25) is 0 Å². The molecule has 2 heteroatoms. The summed E-state index contributed by atoms with van der Waals surface area (Å²) in [7, 11) is 0. The van der Waals surface area contributed by atoms with Crippen LogP contribution in [0.25, 0.3) is 0 Å². The van der Waals surface area contributed by atoms with Crippen LogP contribution in [0.3, 0.4) is 0 Å². The number of rotatable bonds is 5. The SMILES string of the molecule is C=CC=CCCOC(=O)C=C. The Bertz CT molecular complexity index is 168. The van der Waals surface area contributed by atoms with Gasteiger partial charge in [0.1, 0.15) is 0 Å². The fraction of sp³-hybridized carbons (Fsp3) is 0.222. The Labute approximate surface area is 66.9 Å². The molecule has 60 valence electrons. The number of ether oxygens (including phenoxy) is 1. The Morgan fingerprint density at radius 2 is 2.18 bits per heavy atom. The van der Waals surface area contributed by atoms with Crippen LogP contribution in [0.5, 0.6) is 0 Å². The Morgan fingerprint density at radius 1 is 1.45 bits per heavy atom. The van der Waals surface area contributed by atoms with E-state index in [-0.39, 0.29) is 5.97 Å². The molecular formula is C9H12O2. The first-order valence-corrected chi connectivity index (χ1v) is 3.38. The van der Waals surface area contributed by atoms with Gasteiger partial charge in [-0.1, -0.05) is 31.4 Å². The summed E-state index contributed by atoms with van der Waals surface area (Å²) in [5.41, 5.74) is 0. The van der Waals surface area contributed by atoms with Crippen molar-refractivity contribution < 1.29 is 9.53 Å². The van der Waals surface area contributed by atoms with E-state index in [1.165, 1.54) is 0 Å². The predicted molar refractivity (Wildman–Crippen MR) is 45.1 cm³/mol. The molecule has 0 bridgehead atoms. The normalized spacial score (nSPS) is 9.45. The fourth-order valence-electron chi connectivity index (χ4n) is 0.479. The summed E-state index contributed by atoms with van der Waals surface area (Å²) >= 11 is 0. The average molecular weight is 152 g/mol. The molecule has 0 aliphatic heterocycles. The minimum absolute atomic E-state index is 0.378. The van der Waals surface area contributed by atoms with Crippen LogP contribution >= 0.6 is 0 Å². The molecule has 0 radical (unpaired) electrons. The molecule has 0 heterocycles. The second-order valence-corrected chi connectivity index (χ2v) is 1.82. The van der Waals surface area contributed by atoms with Crippen LogP contribution in [-0.4, -0.2) is 12.6 Å². The Balaban J connectivity index is 3.27. The molecule has 0 unspecified atom stereocenters. The largest absolute Gasteiger partial charge is 0.462 e. The molecule has 0 rings (SSSR count). The third kappa shape index (κ3) is 6.58. The van der Waals surface area contributed by atoms with Gasteiger partial charge in [-0.25, -0.2) is 4.79 Å².